The van der Waals surface area contributed by atoms with Gasteiger partial charge in [-0.15, -0.1) is 0 Å². The molecule has 19 heavy (non-hydrogen) atoms. The second-order valence-corrected chi connectivity index (χ2v) is 5.46. The molecule has 5 nitrogen and oxygen atoms in total. The number of rotatable bonds is 3. The second-order valence-electron chi connectivity index (χ2n) is 4.21. The van der Waals surface area contributed by atoms with Crippen molar-refractivity contribution in [1.82, 2.24) is 15.0 Å². The third kappa shape index (κ3) is 3.54. The molecule has 0 atom stereocenters. The van der Waals surface area contributed by atoms with Gasteiger partial charge in [0.15, 0.2) is 0 Å². The number of hydrogen-bond donors (Lipinski definition) is 1. The van der Waals surface area contributed by atoms with Gasteiger partial charge >= 0.3 is 0 Å². The van der Waals surface area contributed by atoms with E-state index in [1.54, 1.807) is 4.90 Å². The Morgan fingerprint density at radius 2 is 1.95 bits per heavy atom. The van der Waals surface area contributed by atoms with Crippen molar-refractivity contribution in [2.75, 3.05) is 24.3 Å². The van der Waals surface area contributed by atoms with Crippen molar-refractivity contribution < 1.29 is 0 Å². The van der Waals surface area contributed by atoms with Gasteiger partial charge in [-0.1, -0.05) is 22.0 Å². The van der Waals surface area contributed by atoms with Crippen LogP contribution in [0.5, 0.6) is 0 Å². The summed E-state index contributed by atoms with van der Waals surface area (Å²) in [7, 11) is 3.69. The molecule has 0 unspecified atom stereocenters. The Balaban J connectivity index is 2.35. The number of aryl methyl sites for hydroxylation is 1. The number of anilines is 3. The topological polar surface area (TPSA) is 53.9 Å². The molecule has 0 radical (unpaired) electrons. The lowest BCUT2D eigenvalue weighted by molar-refractivity contribution is 0.961. The van der Waals surface area contributed by atoms with Crippen LogP contribution in [0.3, 0.4) is 0 Å². The van der Waals surface area contributed by atoms with E-state index in [4.69, 9.17) is 11.6 Å². The molecule has 100 valence electrons. The first-order chi connectivity index (χ1) is 8.95. The van der Waals surface area contributed by atoms with Gasteiger partial charge in [0.25, 0.3) is 0 Å². The van der Waals surface area contributed by atoms with E-state index in [-0.39, 0.29) is 5.28 Å². The minimum absolute atomic E-state index is 0.161. The van der Waals surface area contributed by atoms with E-state index in [1.165, 1.54) is 0 Å². The Morgan fingerprint density at radius 3 is 2.63 bits per heavy atom. The fourth-order valence-electron chi connectivity index (χ4n) is 1.44. The van der Waals surface area contributed by atoms with Crippen molar-refractivity contribution in [2.24, 2.45) is 0 Å². The van der Waals surface area contributed by atoms with Crippen molar-refractivity contribution in [1.29, 1.82) is 0 Å². The largest absolute Gasteiger partial charge is 0.347 e. The molecule has 0 saturated heterocycles. The number of aromatic nitrogens is 3. The quantitative estimate of drug-likeness (QED) is 0.926. The fourth-order valence-corrected chi connectivity index (χ4v) is 1.96. The molecule has 0 bridgehead atoms. The minimum atomic E-state index is 0.161. The highest BCUT2D eigenvalue weighted by Crippen LogP contribution is 2.23. The molecule has 0 aliphatic rings. The zero-order valence-electron chi connectivity index (χ0n) is 10.8. The van der Waals surface area contributed by atoms with E-state index < -0.39 is 0 Å². The third-order valence-electron chi connectivity index (χ3n) is 2.44. The van der Waals surface area contributed by atoms with E-state index in [0.717, 1.165) is 15.7 Å². The molecule has 1 heterocycles. The van der Waals surface area contributed by atoms with Crippen molar-refractivity contribution in [3.05, 3.63) is 33.5 Å². The van der Waals surface area contributed by atoms with Crippen molar-refractivity contribution >= 4 is 45.1 Å². The maximum absolute atomic E-state index is 5.89. The molecule has 1 N–H and O–H groups in total. The molecule has 2 aromatic rings. The van der Waals surface area contributed by atoms with Crippen LogP contribution in [-0.4, -0.2) is 29.0 Å². The van der Waals surface area contributed by atoms with Crippen LogP contribution in [0.25, 0.3) is 0 Å². The highest BCUT2D eigenvalue weighted by atomic mass is 79.9. The Bertz CT molecular complexity index is 603. The SMILES string of the molecule is Cc1ccc(Br)cc1Nc1nc(Cl)nc(N(C)C)n1. The first-order valence-electron chi connectivity index (χ1n) is 5.58. The number of halogens is 2. The molecular formula is C12H13BrClN5. The summed E-state index contributed by atoms with van der Waals surface area (Å²) < 4.78 is 0.980. The van der Waals surface area contributed by atoms with E-state index in [0.29, 0.717) is 11.9 Å². The number of nitrogens with one attached hydrogen (secondary N) is 1. The zero-order chi connectivity index (χ0) is 14.0. The zero-order valence-corrected chi connectivity index (χ0v) is 13.1. The van der Waals surface area contributed by atoms with Gasteiger partial charge in [0.05, 0.1) is 0 Å². The van der Waals surface area contributed by atoms with Gasteiger partial charge in [0.2, 0.25) is 17.2 Å². The molecule has 1 aromatic heterocycles. The number of nitrogens with zero attached hydrogens (tertiary/aromatic N) is 4. The summed E-state index contributed by atoms with van der Waals surface area (Å²) in [4.78, 5) is 14.2. The summed E-state index contributed by atoms with van der Waals surface area (Å²) in [5, 5.41) is 3.31. The molecular weight excluding hydrogens is 330 g/mol. The van der Waals surface area contributed by atoms with E-state index in [2.05, 4.69) is 36.2 Å². The van der Waals surface area contributed by atoms with Gasteiger partial charge in [-0.3, -0.25) is 0 Å². The van der Waals surface area contributed by atoms with Gasteiger partial charge < -0.3 is 10.2 Å². The Morgan fingerprint density at radius 1 is 1.21 bits per heavy atom. The monoisotopic (exact) mass is 341 g/mol. The molecule has 7 heteroatoms. The molecule has 0 aliphatic heterocycles. The Hall–Kier alpha value is -1.40. The lowest BCUT2D eigenvalue weighted by atomic mass is 10.2. The second kappa shape index (κ2) is 5.71. The molecule has 0 amide bonds. The van der Waals surface area contributed by atoms with Crippen LogP contribution in [0.1, 0.15) is 5.56 Å². The molecule has 1 aromatic carbocycles. The maximum Gasteiger partial charge on any atom is 0.233 e. The summed E-state index contributed by atoms with van der Waals surface area (Å²) in [5.74, 6) is 0.931. The first kappa shape index (κ1) is 14.0. The summed E-state index contributed by atoms with van der Waals surface area (Å²) in [6, 6.07) is 5.94. The minimum Gasteiger partial charge on any atom is -0.347 e. The lowest BCUT2D eigenvalue weighted by Crippen LogP contribution is -2.14. The van der Waals surface area contributed by atoms with Crippen LogP contribution in [0.15, 0.2) is 22.7 Å². The summed E-state index contributed by atoms with van der Waals surface area (Å²) in [6.45, 7) is 2.00. The summed E-state index contributed by atoms with van der Waals surface area (Å²) in [5.41, 5.74) is 2.01. The lowest BCUT2D eigenvalue weighted by Gasteiger charge is -2.13. The summed E-state index contributed by atoms with van der Waals surface area (Å²) >= 11 is 9.33. The van der Waals surface area contributed by atoms with Crippen LogP contribution in [0, 0.1) is 6.92 Å². The highest BCUT2D eigenvalue weighted by Gasteiger charge is 2.08. The Labute approximate surface area is 125 Å². The standard InChI is InChI=1S/C12H13BrClN5/c1-7-4-5-8(13)6-9(7)15-11-16-10(14)17-12(18-11)19(2)3/h4-6H,1-3H3,(H,15,16,17,18). The molecule has 0 aliphatic carbocycles. The van der Waals surface area contributed by atoms with Gasteiger partial charge in [0.1, 0.15) is 0 Å². The van der Waals surface area contributed by atoms with Crippen LogP contribution in [0.4, 0.5) is 17.6 Å². The van der Waals surface area contributed by atoms with Gasteiger partial charge in [-0.05, 0) is 36.2 Å². The molecule has 0 fully saturated rings. The number of benzene rings is 1. The first-order valence-corrected chi connectivity index (χ1v) is 6.75. The summed E-state index contributed by atoms with van der Waals surface area (Å²) in [6.07, 6.45) is 0. The average molecular weight is 343 g/mol. The van der Waals surface area contributed by atoms with Crippen LogP contribution in [0.2, 0.25) is 5.28 Å². The van der Waals surface area contributed by atoms with Crippen molar-refractivity contribution in [3.63, 3.8) is 0 Å². The predicted octanol–water partition coefficient (Wildman–Crippen LogP) is 3.41. The maximum atomic E-state index is 5.89. The van der Waals surface area contributed by atoms with Crippen LogP contribution >= 0.6 is 27.5 Å². The average Bonchev–Trinajstić information content (AvgIpc) is 2.33. The number of hydrogen-bond acceptors (Lipinski definition) is 5. The molecule has 0 spiro atoms. The van der Waals surface area contributed by atoms with E-state index in [9.17, 15) is 0 Å². The van der Waals surface area contributed by atoms with E-state index >= 15 is 0 Å². The normalized spacial score (nSPS) is 10.4. The molecule has 2 rings (SSSR count). The smallest absolute Gasteiger partial charge is 0.233 e. The van der Waals surface area contributed by atoms with Gasteiger partial charge in [-0.25, -0.2) is 0 Å². The van der Waals surface area contributed by atoms with Crippen molar-refractivity contribution in [2.45, 2.75) is 6.92 Å². The van der Waals surface area contributed by atoms with Crippen molar-refractivity contribution in [3.8, 4) is 0 Å². The van der Waals surface area contributed by atoms with Gasteiger partial charge in [0, 0.05) is 24.3 Å². The third-order valence-corrected chi connectivity index (χ3v) is 3.10. The Kier molecular flexibility index (Phi) is 4.21. The van der Waals surface area contributed by atoms with E-state index in [1.807, 2.05) is 39.2 Å². The fraction of sp³-hybridized carbons (Fsp3) is 0.250. The van der Waals surface area contributed by atoms with Gasteiger partial charge in [-0.2, -0.15) is 15.0 Å². The van der Waals surface area contributed by atoms with Crippen LogP contribution in [-0.2, 0) is 0 Å². The highest BCUT2D eigenvalue weighted by molar-refractivity contribution is 9.10. The molecule has 0 saturated carbocycles. The predicted molar refractivity (Wildman–Crippen MR) is 81.3 cm³/mol. The van der Waals surface area contributed by atoms with Crippen LogP contribution < -0.4 is 10.2 Å².